The minimum atomic E-state index is -0.754. The molecule has 0 saturated carbocycles. The highest BCUT2D eigenvalue weighted by atomic mass is 79.9. The number of benzene rings is 2. The first-order chi connectivity index (χ1) is 12.6. The average Bonchev–Trinajstić information content (AvgIpc) is 2.61. The maximum Gasteiger partial charge on any atom is 0.279 e. The molecule has 2 amide bonds. The molecule has 5 nitrogen and oxygen atoms in total. The molecule has 0 aliphatic carbocycles. The van der Waals surface area contributed by atoms with E-state index in [2.05, 4.69) is 47.6 Å². The van der Waals surface area contributed by atoms with Gasteiger partial charge in [0.1, 0.15) is 5.75 Å². The third-order valence-corrected chi connectivity index (χ3v) is 4.99. The molecule has 2 N–H and O–H groups in total. The summed E-state index contributed by atoms with van der Waals surface area (Å²) < 4.78 is 6.48. The predicted molar refractivity (Wildman–Crippen MR) is 110 cm³/mol. The molecule has 0 saturated heterocycles. The normalized spacial score (nSPS) is 12.2. The number of amides is 2. The Hall–Kier alpha value is -2.34. The number of hydrazine groups is 1. The lowest BCUT2D eigenvalue weighted by Crippen LogP contribution is -2.47. The fraction of sp³-hybridized carbons (Fsp3) is 0.333. The Labute approximate surface area is 168 Å². The first kappa shape index (κ1) is 21.0. The zero-order valence-electron chi connectivity index (χ0n) is 16.2. The molecule has 1 atom stereocenters. The quantitative estimate of drug-likeness (QED) is 0.708. The predicted octanol–water partition coefficient (Wildman–Crippen LogP) is 4.28. The van der Waals surface area contributed by atoms with Gasteiger partial charge in [-0.15, -0.1) is 0 Å². The molecular weight excluding hydrogens is 408 g/mol. The molecule has 0 radical (unpaired) electrons. The van der Waals surface area contributed by atoms with Crippen LogP contribution in [0.15, 0.2) is 46.9 Å². The molecular formula is C21H25BrN2O3. The SMILES string of the molecule is Cc1ccc(C(=O)NNC(=O)C(C)Oc2ccc(C(C)(C)C)cc2)cc1Br. The summed E-state index contributed by atoms with van der Waals surface area (Å²) in [6.45, 7) is 9.96. The molecule has 0 aliphatic rings. The van der Waals surface area contributed by atoms with Crippen molar-refractivity contribution in [3.63, 3.8) is 0 Å². The Bertz CT molecular complexity index is 826. The van der Waals surface area contributed by atoms with Gasteiger partial charge in [0, 0.05) is 10.0 Å². The summed E-state index contributed by atoms with van der Waals surface area (Å²) in [6, 6.07) is 12.9. The van der Waals surface area contributed by atoms with Crippen molar-refractivity contribution in [1.29, 1.82) is 0 Å². The molecule has 144 valence electrons. The van der Waals surface area contributed by atoms with Crippen LogP contribution in [0.25, 0.3) is 0 Å². The standard InChI is InChI=1S/C21H25BrN2O3/c1-13-6-7-15(12-18(13)22)20(26)24-23-19(25)14(2)27-17-10-8-16(9-11-17)21(3,4)5/h6-12,14H,1-5H3,(H,23,25)(H,24,26). The van der Waals surface area contributed by atoms with E-state index in [1.165, 1.54) is 5.56 Å². The Morgan fingerprint density at radius 2 is 1.67 bits per heavy atom. The van der Waals surface area contributed by atoms with Gasteiger partial charge in [0.15, 0.2) is 6.10 Å². The number of carbonyl (C=O) groups is 2. The molecule has 0 heterocycles. The van der Waals surface area contributed by atoms with Crippen LogP contribution in [-0.2, 0) is 10.2 Å². The number of nitrogens with one attached hydrogen (secondary N) is 2. The minimum absolute atomic E-state index is 0.0524. The molecule has 1 unspecified atom stereocenters. The second-order valence-corrected chi connectivity index (χ2v) is 8.30. The van der Waals surface area contributed by atoms with E-state index in [1.54, 1.807) is 19.1 Å². The van der Waals surface area contributed by atoms with Gasteiger partial charge in [-0.05, 0) is 54.7 Å². The van der Waals surface area contributed by atoms with Crippen molar-refractivity contribution in [3.8, 4) is 5.75 Å². The van der Waals surface area contributed by atoms with Crippen LogP contribution in [0.1, 0.15) is 49.2 Å². The van der Waals surface area contributed by atoms with Gasteiger partial charge in [0.25, 0.3) is 11.8 Å². The first-order valence-electron chi connectivity index (χ1n) is 8.71. The van der Waals surface area contributed by atoms with Crippen LogP contribution in [0.4, 0.5) is 0 Å². The molecule has 0 fully saturated rings. The monoisotopic (exact) mass is 432 g/mol. The number of rotatable bonds is 4. The minimum Gasteiger partial charge on any atom is -0.481 e. The first-order valence-corrected chi connectivity index (χ1v) is 9.51. The van der Waals surface area contributed by atoms with E-state index in [0.717, 1.165) is 10.0 Å². The maximum atomic E-state index is 12.2. The topological polar surface area (TPSA) is 67.4 Å². The molecule has 2 rings (SSSR count). The number of carbonyl (C=O) groups excluding carboxylic acids is 2. The molecule has 0 bridgehead atoms. The van der Waals surface area contributed by atoms with E-state index >= 15 is 0 Å². The summed E-state index contributed by atoms with van der Waals surface area (Å²) in [5.74, 6) is -0.236. The van der Waals surface area contributed by atoms with Crippen molar-refractivity contribution in [1.82, 2.24) is 10.9 Å². The van der Waals surface area contributed by atoms with E-state index in [-0.39, 0.29) is 5.41 Å². The van der Waals surface area contributed by atoms with Crippen molar-refractivity contribution >= 4 is 27.7 Å². The van der Waals surface area contributed by atoms with Crippen molar-refractivity contribution in [2.75, 3.05) is 0 Å². The lowest BCUT2D eigenvalue weighted by molar-refractivity contribution is -0.128. The summed E-state index contributed by atoms with van der Waals surface area (Å²) in [4.78, 5) is 24.3. The molecule has 6 heteroatoms. The summed E-state index contributed by atoms with van der Waals surface area (Å²) in [5.41, 5.74) is 7.50. The Kier molecular flexibility index (Phi) is 6.65. The van der Waals surface area contributed by atoms with Gasteiger partial charge in [-0.1, -0.05) is 54.9 Å². The Morgan fingerprint density at radius 3 is 2.22 bits per heavy atom. The van der Waals surface area contributed by atoms with Gasteiger partial charge >= 0.3 is 0 Å². The van der Waals surface area contributed by atoms with E-state index in [0.29, 0.717) is 11.3 Å². The zero-order valence-corrected chi connectivity index (χ0v) is 17.8. The molecule has 27 heavy (non-hydrogen) atoms. The number of hydrogen-bond acceptors (Lipinski definition) is 3. The van der Waals surface area contributed by atoms with Crippen LogP contribution < -0.4 is 15.6 Å². The summed E-state index contributed by atoms with van der Waals surface area (Å²) in [7, 11) is 0. The highest BCUT2D eigenvalue weighted by Crippen LogP contribution is 2.24. The van der Waals surface area contributed by atoms with E-state index in [9.17, 15) is 9.59 Å². The average molecular weight is 433 g/mol. The zero-order chi connectivity index (χ0) is 20.2. The second-order valence-electron chi connectivity index (χ2n) is 7.44. The molecule has 2 aromatic carbocycles. The van der Waals surface area contributed by atoms with Crippen molar-refractivity contribution in [3.05, 3.63) is 63.6 Å². The Morgan fingerprint density at radius 1 is 1.04 bits per heavy atom. The van der Waals surface area contributed by atoms with Crippen LogP contribution in [0.2, 0.25) is 0 Å². The van der Waals surface area contributed by atoms with Crippen LogP contribution >= 0.6 is 15.9 Å². The number of halogens is 1. The van der Waals surface area contributed by atoms with Gasteiger partial charge in [-0.2, -0.15) is 0 Å². The number of hydrogen-bond donors (Lipinski definition) is 2. The summed E-state index contributed by atoms with van der Waals surface area (Å²) in [6.07, 6.45) is -0.754. The number of ether oxygens (including phenoxy) is 1. The summed E-state index contributed by atoms with van der Waals surface area (Å²) in [5, 5.41) is 0. The highest BCUT2D eigenvalue weighted by Gasteiger charge is 2.17. The van der Waals surface area contributed by atoms with Crippen LogP contribution in [-0.4, -0.2) is 17.9 Å². The van der Waals surface area contributed by atoms with Gasteiger partial charge in [-0.25, -0.2) is 0 Å². The van der Waals surface area contributed by atoms with E-state index < -0.39 is 17.9 Å². The lowest BCUT2D eigenvalue weighted by atomic mass is 9.87. The van der Waals surface area contributed by atoms with Gasteiger partial charge in [-0.3, -0.25) is 20.4 Å². The van der Waals surface area contributed by atoms with Crippen molar-refractivity contribution < 1.29 is 14.3 Å². The van der Waals surface area contributed by atoms with Crippen LogP contribution in [0.3, 0.4) is 0 Å². The molecule has 0 spiro atoms. The molecule has 2 aromatic rings. The fourth-order valence-corrected chi connectivity index (χ4v) is 2.70. The van der Waals surface area contributed by atoms with Gasteiger partial charge in [0.2, 0.25) is 0 Å². The fourth-order valence-electron chi connectivity index (χ4n) is 2.32. The molecule has 0 aromatic heterocycles. The highest BCUT2D eigenvalue weighted by molar-refractivity contribution is 9.10. The van der Waals surface area contributed by atoms with E-state index in [1.807, 2.05) is 37.3 Å². The largest absolute Gasteiger partial charge is 0.481 e. The van der Waals surface area contributed by atoms with Crippen molar-refractivity contribution in [2.24, 2.45) is 0 Å². The molecule has 0 aliphatic heterocycles. The Balaban J connectivity index is 1.89. The lowest BCUT2D eigenvalue weighted by Gasteiger charge is -2.20. The van der Waals surface area contributed by atoms with Gasteiger partial charge < -0.3 is 4.74 Å². The maximum absolute atomic E-state index is 12.2. The summed E-state index contributed by atoms with van der Waals surface area (Å²) >= 11 is 3.38. The third-order valence-electron chi connectivity index (χ3n) is 4.14. The van der Waals surface area contributed by atoms with Crippen LogP contribution in [0, 0.1) is 6.92 Å². The number of aryl methyl sites for hydroxylation is 1. The van der Waals surface area contributed by atoms with E-state index in [4.69, 9.17) is 4.74 Å². The third kappa shape index (κ3) is 5.82. The van der Waals surface area contributed by atoms with Crippen LogP contribution in [0.5, 0.6) is 5.75 Å². The second kappa shape index (κ2) is 8.57. The smallest absolute Gasteiger partial charge is 0.279 e. The van der Waals surface area contributed by atoms with Gasteiger partial charge in [0.05, 0.1) is 0 Å². The van der Waals surface area contributed by atoms with Crippen molar-refractivity contribution in [2.45, 2.75) is 46.1 Å².